The molecule has 2 N–H and O–H groups in total. The maximum Gasteiger partial charge on any atom is 0.0436 e. The second kappa shape index (κ2) is 5.28. The Morgan fingerprint density at radius 1 is 1.10 bits per heavy atom. The molecule has 116 valence electrons. The summed E-state index contributed by atoms with van der Waals surface area (Å²) in [6.07, 6.45) is 9.92. The highest BCUT2D eigenvalue weighted by atomic mass is 16.3. The van der Waals surface area contributed by atoms with Gasteiger partial charge in [0, 0.05) is 19.2 Å². The highest BCUT2D eigenvalue weighted by molar-refractivity contribution is 5.05. The lowest BCUT2D eigenvalue weighted by molar-refractivity contribution is -0.0716. The van der Waals surface area contributed by atoms with Crippen molar-refractivity contribution in [2.75, 3.05) is 13.2 Å². The average Bonchev–Trinajstić information content (AvgIpc) is 2.34. The van der Waals surface area contributed by atoms with Gasteiger partial charge in [-0.25, -0.2) is 0 Å². The van der Waals surface area contributed by atoms with Crippen LogP contribution in [0.1, 0.15) is 65.7 Å². The van der Waals surface area contributed by atoms with Crippen molar-refractivity contribution in [1.29, 1.82) is 0 Å². The van der Waals surface area contributed by atoms with Crippen LogP contribution < -0.4 is 5.32 Å². The number of hydrogen-bond donors (Lipinski definition) is 2. The SMILES string of the molecule is CC(NCC(C)(C)CCO)C12CC3CC(CC(C3)C1)C2. The summed E-state index contributed by atoms with van der Waals surface area (Å²) in [6.45, 7) is 8.31. The summed E-state index contributed by atoms with van der Waals surface area (Å²) >= 11 is 0. The van der Waals surface area contributed by atoms with E-state index in [0.717, 1.165) is 30.7 Å². The largest absolute Gasteiger partial charge is 0.396 e. The Morgan fingerprint density at radius 2 is 1.60 bits per heavy atom. The minimum Gasteiger partial charge on any atom is -0.396 e. The molecule has 4 rings (SSSR count). The van der Waals surface area contributed by atoms with Gasteiger partial charge in [-0.2, -0.15) is 0 Å². The molecular formula is C18H33NO. The van der Waals surface area contributed by atoms with E-state index in [0.29, 0.717) is 18.1 Å². The van der Waals surface area contributed by atoms with Crippen molar-refractivity contribution in [3.63, 3.8) is 0 Å². The van der Waals surface area contributed by atoms with Gasteiger partial charge in [-0.05, 0) is 80.5 Å². The van der Waals surface area contributed by atoms with Crippen LogP contribution in [-0.2, 0) is 0 Å². The lowest BCUT2D eigenvalue weighted by atomic mass is 9.48. The van der Waals surface area contributed by atoms with Gasteiger partial charge in [0.2, 0.25) is 0 Å². The topological polar surface area (TPSA) is 32.3 Å². The van der Waals surface area contributed by atoms with Crippen LogP contribution in [0.2, 0.25) is 0 Å². The summed E-state index contributed by atoms with van der Waals surface area (Å²) in [7, 11) is 0. The van der Waals surface area contributed by atoms with Crippen LogP contribution in [0.4, 0.5) is 0 Å². The minimum atomic E-state index is 0.214. The monoisotopic (exact) mass is 279 g/mol. The fourth-order valence-electron chi connectivity index (χ4n) is 5.74. The second-order valence-corrected chi connectivity index (χ2v) is 9.02. The first-order valence-electron chi connectivity index (χ1n) is 8.77. The smallest absolute Gasteiger partial charge is 0.0436 e. The van der Waals surface area contributed by atoms with Crippen molar-refractivity contribution in [1.82, 2.24) is 5.32 Å². The van der Waals surface area contributed by atoms with Gasteiger partial charge >= 0.3 is 0 Å². The first-order valence-corrected chi connectivity index (χ1v) is 8.77. The van der Waals surface area contributed by atoms with Gasteiger partial charge in [0.15, 0.2) is 0 Å². The summed E-state index contributed by atoms with van der Waals surface area (Å²) in [4.78, 5) is 0. The fraction of sp³-hybridized carbons (Fsp3) is 1.00. The van der Waals surface area contributed by atoms with Crippen molar-refractivity contribution in [2.24, 2.45) is 28.6 Å². The molecule has 1 unspecified atom stereocenters. The summed E-state index contributed by atoms with van der Waals surface area (Å²) in [5.41, 5.74) is 0.815. The number of aliphatic hydroxyl groups is 1. The molecule has 0 aromatic rings. The molecule has 2 nitrogen and oxygen atoms in total. The third kappa shape index (κ3) is 2.78. The maximum atomic E-state index is 9.17. The molecule has 0 saturated heterocycles. The van der Waals surface area contributed by atoms with E-state index in [1.54, 1.807) is 0 Å². The lowest BCUT2D eigenvalue weighted by Gasteiger charge is -2.59. The molecule has 2 heteroatoms. The quantitative estimate of drug-likeness (QED) is 0.779. The molecule has 4 aliphatic carbocycles. The molecule has 4 saturated carbocycles. The Balaban J connectivity index is 1.61. The van der Waals surface area contributed by atoms with E-state index < -0.39 is 0 Å². The fourth-order valence-corrected chi connectivity index (χ4v) is 5.74. The van der Waals surface area contributed by atoms with Crippen molar-refractivity contribution < 1.29 is 5.11 Å². The number of aliphatic hydroxyl groups excluding tert-OH is 1. The van der Waals surface area contributed by atoms with Gasteiger partial charge < -0.3 is 10.4 Å². The van der Waals surface area contributed by atoms with E-state index in [1.165, 1.54) is 38.5 Å². The Labute approximate surface area is 124 Å². The van der Waals surface area contributed by atoms with Gasteiger partial charge in [-0.1, -0.05) is 13.8 Å². The highest BCUT2D eigenvalue weighted by Crippen LogP contribution is 2.61. The third-order valence-electron chi connectivity index (χ3n) is 6.68. The predicted octanol–water partition coefficient (Wildman–Crippen LogP) is 3.59. The Kier molecular flexibility index (Phi) is 3.92. The van der Waals surface area contributed by atoms with Crippen LogP contribution in [0.15, 0.2) is 0 Å². The summed E-state index contributed by atoms with van der Waals surface area (Å²) in [6, 6.07) is 0.647. The van der Waals surface area contributed by atoms with E-state index >= 15 is 0 Å². The molecular weight excluding hydrogens is 246 g/mol. The normalized spacial score (nSPS) is 41.1. The molecule has 0 amide bonds. The van der Waals surface area contributed by atoms with Crippen LogP contribution in [0, 0.1) is 28.6 Å². The van der Waals surface area contributed by atoms with Crippen molar-refractivity contribution in [3.05, 3.63) is 0 Å². The Bertz CT molecular complexity index is 314. The molecule has 0 radical (unpaired) electrons. The van der Waals surface area contributed by atoms with Gasteiger partial charge in [0.25, 0.3) is 0 Å². The van der Waals surface area contributed by atoms with Crippen molar-refractivity contribution in [2.45, 2.75) is 71.8 Å². The Morgan fingerprint density at radius 3 is 2.05 bits per heavy atom. The van der Waals surface area contributed by atoms with Crippen LogP contribution >= 0.6 is 0 Å². The molecule has 0 aromatic carbocycles. The third-order valence-corrected chi connectivity index (χ3v) is 6.68. The van der Waals surface area contributed by atoms with Gasteiger partial charge in [0.05, 0.1) is 0 Å². The highest BCUT2D eigenvalue weighted by Gasteiger charge is 2.53. The number of nitrogens with one attached hydrogen (secondary N) is 1. The van der Waals surface area contributed by atoms with E-state index in [-0.39, 0.29) is 5.41 Å². The van der Waals surface area contributed by atoms with E-state index in [9.17, 15) is 0 Å². The molecule has 20 heavy (non-hydrogen) atoms. The molecule has 0 aromatic heterocycles. The Hall–Kier alpha value is -0.0800. The predicted molar refractivity (Wildman–Crippen MR) is 83.6 cm³/mol. The number of hydrogen-bond acceptors (Lipinski definition) is 2. The van der Waals surface area contributed by atoms with Gasteiger partial charge in [0.1, 0.15) is 0 Å². The van der Waals surface area contributed by atoms with E-state index in [1.807, 2.05) is 0 Å². The van der Waals surface area contributed by atoms with Crippen LogP contribution in [0.25, 0.3) is 0 Å². The summed E-state index contributed by atoms with van der Waals surface area (Å²) in [5, 5.41) is 13.0. The molecule has 1 atom stereocenters. The summed E-state index contributed by atoms with van der Waals surface area (Å²) in [5.74, 6) is 3.11. The molecule has 0 heterocycles. The average molecular weight is 279 g/mol. The second-order valence-electron chi connectivity index (χ2n) is 9.02. The zero-order chi connectivity index (χ0) is 14.4. The molecule has 4 bridgehead atoms. The van der Waals surface area contributed by atoms with Crippen LogP contribution in [-0.4, -0.2) is 24.3 Å². The van der Waals surface area contributed by atoms with Gasteiger partial charge in [-0.3, -0.25) is 0 Å². The standard InChI is InChI=1S/C18H33NO/c1-13(19-12-17(2,3)4-5-20)18-9-14-6-15(10-18)8-16(7-14)11-18/h13-16,19-20H,4-12H2,1-3H3. The van der Waals surface area contributed by atoms with E-state index in [2.05, 4.69) is 26.1 Å². The van der Waals surface area contributed by atoms with Gasteiger partial charge in [-0.15, -0.1) is 0 Å². The lowest BCUT2D eigenvalue weighted by Crippen LogP contribution is -2.55. The van der Waals surface area contributed by atoms with Crippen LogP contribution in [0.3, 0.4) is 0 Å². The number of rotatable bonds is 6. The summed E-state index contributed by atoms with van der Waals surface area (Å²) < 4.78 is 0. The van der Waals surface area contributed by atoms with Crippen LogP contribution in [0.5, 0.6) is 0 Å². The van der Waals surface area contributed by atoms with Crippen molar-refractivity contribution in [3.8, 4) is 0 Å². The molecule has 0 spiro atoms. The first kappa shape index (κ1) is 14.8. The van der Waals surface area contributed by atoms with E-state index in [4.69, 9.17) is 5.11 Å². The zero-order valence-corrected chi connectivity index (χ0v) is 13.6. The maximum absolute atomic E-state index is 9.17. The molecule has 4 fully saturated rings. The molecule has 4 aliphatic rings. The molecule has 0 aliphatic heterocycles. The first-order chi connectivity index (χ1) is 9.42. The zero-order valence-electron chi connectivity index (χ0n) is 13.6. The minimum absolute atomic E-state index is 0.214. The van der Waals surface area contributed by atoms with Crippen molar-refractivity contribution >= 4 is 0 Å².